The third kappa shape index (κ3) is 2.70. The Kier molecular flexibility index (Phi) is 3.74. The van der Waals surface area contributed by atoms with Crippen molar-refractivity contribution in [1.29, 1.82) is 0 Å². The molecule has 0 aliphatic carbocycles. The Hall–Kier alpha value is -2.44. The monoisotopic (exact) mass is 265 g/mol. The van der Waals surface area contributed by atoms with Crippen molar-refractivity contribution in [3.05, 3.63) is 34.2 Å². The number of hydrogen-bond acceptors (Lipinski definition) is 5. The molecule has 0 saturated heterocycles. The van der Waals surface area contributed by atoms with Crippen LogP contribution in [0.3, 0.4) is 0 Å². The van der Waals surface area contributed by atoms with Gasteiger partial charge in [0, 0.05) is 4.91 Å². The SMILES string of the molecule is [N-]=[N+]=NC(C(=O)O)[C@H](O)c1ccc2c(c1)OCCO2. The summed E-state index contributed by atoms with van der Waals surface area (Å²) in [4.78, 5) is 13.3. The van der Waals surface area contributed by atoms with E-state index in [0.29, 0.717) is 24.7 Å². The summed E-state index contributed by atoms with van der Waals surface area (Å²) in [5.74, 6) is -0.453. The van der Waals surface area contributed by atoms with E-state index in [1.807, 2.05) is 0 Å². The van der Waals surface area contributed by atoms with Crippen molar-refractivity contribution in [2.45, 2.75) is 12.1 Å². The molecule has 0 bridgehead atoms. The van der Waals surface area contributed by atoms with Crippen molar-refractivity contribution >= 4 is 5.97 Å². The van der Waals surface area contributed by atoms with E-state index in [0.717, 1.165) is 0 Å². The van der Waals surface area contributed by atoms with E-state index in [-0.39, 0.29) is 5.56 Å². The molecule has 1 aromatic rings. The fourth-order valence-electron chi connectivity index (χ4n) is 1.73. The molecule has 0 saturated carbocycles. The molecule has 2 atom stereocenters. The lowest BCUT2D eigenvalue weighted by Crippen LogP contribution is -2.25. The molecule has 2 N–H and O–H groups in total. The summed E-state index contributed by atoms with van der Waals surface area (Å²) in [6.45, 7) is 0.816. The average molecular weight is 265 g/mol. The quantitative estimate of drug-likeness (QED) is 0.481. The number of ether oxygens (including phenoxy) is 2. The van der Waals surface area contributed by atoms with Gasteiger partial charge in [0.2, 0.25) is 0 Å². The first-order valence-corrected chi connectivity index (χ1v) is 5.48. The molecule has 2 rings (SSSR count). The summed E-state index contributed by atoms with van der Waals surface area (Å²) in [5, 5.41) is 21.9. The summed E-state index contributed by atoms with van der Waals surface area (Å²) in [7, 11) is 0. The second-order valence-corrected chi connectivity index (χ2v) is 3.84. The van der Waals surface area contributed by atoms with E-state index >= 15 is 0 Å². The number of aliphatic hydroxyl groups is 1. The molecule has 0 aromatic heterocycles. The Morgan fingerprint density at radius 2 is 2.05 bits per heavy atom. The molecular formula is C11H11N3O5. The first-order chi connectivity index (χ1) is 9.13. The highest BCUT2D eigenvalue weighted by atomic mass is 16.6. The number of hydrogen-bond donors (Lipinski definition) is 2. The highest BCUT2D eigenvalue weighted by molar-refractivity contribution is 5.74. The zero-order valence-electron chi connectivity index (χ0n) is 9.76. The largest absolute Gasteiger partial charge is 0.486 e. The summed E-state index contributed by atoms with van der Waals surface area (Å²) < 4.78 is 10.6. The number of benzene rings is 1. The Morgan fingerprint density at radius 1 is 1.37 bits per heavy atom. The van der Waals surface area contributed by atoms with Crippen LogP contribution in [0.1, 0.15) is 11.7 Å². The number of aliphatic hydroxyl groups excluding tert-OH is 1. The van der Waals surface area contributed by atoms with Gasteiger partial charge < -0.3 is 19.7 Å². The van der Waals surface area contributed by atoms with Crippen LogP contribution in [-0.4, -0.2) is 35.4 Å². The van der Waals surface area contributed by atoms with Crippen molar-refractivity contribution in [3.63, 3.8) is 0 Å². The van der Waals surface area contributed by atoms with Crippen molar-refractivity contribution in [1.82, 2.24) is 0 Å². The predicted octanol–water partition coefficient (Wildman–Crippen LogP) is 1.25. The lowest BCUT2D eigenvalue weighted by molar-refractivity contribution is -0.141. The van der Waals surface area contributed by atoms with Crippen LogP contribution in [0.2, 0.25) is 0 Å². The minimum Gasteiger partial charge on any atom is -0.486 e. The van der Waals surface area contributed by atoms with Gasteiger partial charge in [-0.3, -0.25) is 4.79 Å². The average Bonchev–Trinajstić information content (AvgIpc) is 2.43. The lowest BCUT2D eigenvalue weighted by Gasteiger charge is -2.21. The number of carboxylic acid groups (broad SMARTS) is 1. The fraction of sp³-hybridized carbons (Fsp3) is 0.364. The van der Waals surface area contributed by atoms with Gasteiger partial charge >= 0.3 is 5.97 Å². The molecule has 1 aromatic carbocycles. The molecule has 0 fully saturated rings. The molecular weight excluding hydrogens is 254 g/mol. The minimum atomic E-state index is -1.59. The maximum atomic E-state index is 10.9. The second-order valence-electron chi connectivity index (χ2n) is 3.84. The van der Waals surface area contributed by atoms with Crippen molar-refractivity contribution in [2.75, 3.05) is 13.2 Å². The number of aliphatic carboxylic acids is 1. The van der Waals surface area contributed by atoms with E-state index in [1.165, 1.54) is 12.1 Å². The smallest absolute Gasteiger partial charge is 0.315 e. The highest BCUT2D eigenvalue weighted by Crippen LogP contribution is 2.33. The topological polar surface area (TPSA) is 125 Å². The van der Waals surface area contributed by atoms with Crippen LogP contribution >= 0.6 is 0 Å². The van der Waals surface area contributed by atoms with E-state index in [2.05, 4.69) is 10.0 Å². The molecule has 1 unspecified atom stereocenters. The second kappa shape index (κ2) is 5.47. The normalized spacial score (nSPS) is 16.1. The zero-order chi connectivity index (χ0) is 13.8. The summed E-state index contributed by atoms with van der Waals surface area (Å²) in [6, 6.07) is 2.96. The van der Waals surface area contributed by atoms with Crippen LogP contribution in [-0.2, 0) is 4.79 Å². The van der Waals surface area contributed by atoms with Crippen molar-refractivity contribution in [3.8, 4) is 11.5 Å². The third-order valence-corrected chi connectivity index (χ3v) is 2.64. The van der Waals surface area contributed by atoms with Crippen LogP contribution in [0.15, 0.2) is 23.3 Å². The van der Waals surface area contributed by atoms with E-state index < -0.39 is 18.1 Å². The molecule has 0 amide bonds. The van der Waals surface area contributed by atoms with Crippen LogP contribution < -0.4 is 9.47 Å². The van der Waals surface area contributed by atoms with Gasteiger partial charge in [0.15, 0.2) is 17.5 Å². The number of carbonyl (C=O) groups is 1. The van der Waals surface area contributed by atoms with Crippen molar-refractivity contribution in [2.24, 2.45) is 5.11 Å². The van der Waals surface area contributed by atoms with Gasteiger partial charge in [-0.2, -0.15) is 0 Å². The van der Waals surface area contributed by atoms with Gasteiger partial charge in [-0.1, -0.05) is 11.2 Å². The Bertz CT molecular complexity index is 539. The molecule has 100 valence electrons. The molecule has 0 radical (unpaired) electrons. The van der Waals surface area contributed by atoms with Gasteiger partial charge in [-0.25, -0.2) is 0 Å². The number of nitrogens with zero attached hydrogens (tertiary/aromatic N) is 3. The van der Waals surface area contributed by atoms with Gasteiger partial charge in [0.05, 0.1) is 6.10 Å². The van der Waals surface area contributed by atoms with Gasteiger partial charge in [0.1, 0.15) is 13.2 Å². The standard InChI is InChI=1S/C11H11N3O5/c12-14-13-9(11(16)17)10(15)6-1-2-7-8(5-6)19-4-3-18-7/h1-2,5,9-10,15H,3-4H2,(H,16,17)/t9?,10-/m1/s1. The maximum Gasteiger partial charge on any atom is 0.315 e. The van der Waals surface area contributed by atoms with Crippen LogP contribution in [0.5, 0.6) is 11.5 Å². The maximum absolute atomic E-state index is 10.9. The number of carboxylic acids is 1. The molecule has 8 heteroatoms. The van der Waals surface area contributed by atoms with Gasteiger partial charge in [-0.05, 0) is 23.2 Å². The Balaban J connectivity index is 2.30. The first-order valence-electron chi connectivity index (χ1n) is 5.48. The van der Waals surface area contributed by atoms with Crippen LogP contribution in [0.4, 0.5) is 0 Å². The fourth-order valence-corrected chi connectivity index (χ4v) is 1.73. The summed E-state index contributed by atoms with van der Waals surface area (Å²) in [6.07, 6.45) is -1.45. The summed E-state index contributed by atoms with van der Waals surface area (Å²) in [5.41, 5.74) is 8.59. The lowest BCUT2D eigenvalue weighted by atomic mass is 10.0. The molecule has 1 heterocycles. The first kappa shape index (κ1) is 13.0. The van der Waals surface area contributed by atoms with Gasteiger partial charge in [0.25, 0.3) is 0 Å². The number of azide groups is 1. The minimum absolute atomic E-state index is 0.282. The van der Waals surface area contributed by atoms with Crippen LogP contribution in [0.25, 0.3) is 10.4 Å². The zero-order valence-corrected chi connectivity index (χ0v) is 9.76. The molecule has 1 aliphatic heterocycles. The molecule has 0 spiro atoms. The number of rotatable bonds is 4. The molecule has 1 aliphatic rings. The van der Waals surface area contributed by atoms with E-state index in [4.69, 9.17) is 20.1 Å². The predicted molar refractivity (Wildman–Crippen MR) is 63.0 cm³/mol. The molecule has 19 heavy (non-hydrogen) atoms. The Labute approximate surface area is 107 Å². The summed E-state index contributed by atoms with van der Waals surface area (Å²) >= 11 is 0. The Morgan fingerprint density at radius 3 is 2.68 bits per heavy atom. The molecule has 8 nitrogen and oxygen atoms in total. The van der Waals surface area contributed by atoms with E-state index in [9.17, 15) is 9.90 Å². The number of fused-ring (bicyclic) bond motifs is 1. The third-order valence-electron chi connectivity index (χ3n) is 2.64. The van der Waals surface area contributed by atoms with Gasteiger partial charge in [-0.15, -0.1) is 0 Å². The van der Waals surface area contributed by atoms with Crippen molar-refractivity contribution < 1.29 is 24.5 Å². The van der Waals surface area contributed by atoms with Crippen LogP contribution in [0, 0.1) is 0 Å². The van der Waals surface area contributed by atoms with E-state index in [1.54, 1.807) is 6.07 Å². The highest BCUT2D eigenvalue weighted by Gasteiger charge is 2.27.